The number of esters is 1. The number of nitro groups is 1. The normalized spacial score (nSPS) is 10.9. The molecule has 0 atom stereocenters. The fourth-order valence-electron chi connectivity index (χ4n) is 3.66. The van der Waals surface area contributed by atoms with Crippen molar-refractivity contribution >= 4 is 40.1 Å². The number of benzene rings is 4. The topological polar surface area (TPSA) is 132 Å². The predicted molar refractivity (Wildman–Crippen MR) is 137 cm³/mol. The van der Waals surface area contributed by atoms with E-state index < -0.39 is 16.8 Å². The lowest BCUT2D eigenvalue weighted by molar-refractivity contribution is -0.383. The SMILES string of the molecule is COc1ccc(C=C(C#N)C(=O)Nc2ccccc2[N+](=O)[O-])cc1OC(=O)c1cccc2ccccc12. The minimum atomic E-state index is -0.832. The Morgan fingerprint density at radius 2 is 1.70 bits per heavy atom. The molecule has 4 aromatic rings. The second kappa shape index (κ2) is 10.8. The van der Waals surface area contributed by atoms with Crippen LogP contribution in [0, 0.1) is 21.4 Å². The molecule has 1 N–H and O–H groups in total. The number of nitro benzene ring substituents is 1. The number of anilines is 1. The van der Waals surface area contributed by atoms with Crippen molar-refractivity contribution in [2.24, 2.45) is 0 Å². The summed E-state index contributed by atoms with van der Waals surface area (Å²) in [4.78, 5) is 36.3. The molecule has 9 heteroatoms. The van der Waals surface area contributed by atoms with Gasteiger partial charge in [-0.3, -0.25) is 14.9 Å². The molecular weight excluding hydrogens is 474 g/mol. The van der Waals surface area contributed by atoms with Crippen molar-refractivity contribution in [2.75, 3.05) is 12.4 Å². The van der Waals surface area contributed by atoms with Gasteiger partial charge in [0.15, 0.2) is 11.5 Å². The summed E-state index contributed by atoms with van der Waals surface area (Å²) < 4.78 is 10.9. The number of methoxy groups -OCH3 is 1. The second-order valence-corrected chi connectivity index (χ2v) is 7.72. The highest BCUT2D eigenvalue weighted by Crippen LogP contribution is 2.31. The molecule has 4 rings (SSSR count). The molecule has 182 valence electrons. The van der Waals surface area contributed by atoms with Crippen molar-refractivity contribution in [1.29, 1.82) is 5.26 Å². The van der Waals surface area contributed by atoms with E-state index in [1.807, 2.05) is 30.3 Å². The summed E-state index contributed by atoms with van der Waals surface area (Å²) in [6, 6.07) is 24.6. The number of nitriles is 1. The lowest BCUT2D eigenvalue weighted by Crippen LogP contribution is -2.14. The van der Waals surface area contributed by atoms with Crippen molar-refractivity contribution in [2.45, 2.75) is 0 Å². The van der Waals surface area contributed by atoms with Crippen molar-refractivity contribution in [3.8, 4) is 17.6 Å². The molecule has 0 spiro atoms. The highest BCUT2D eigenvalue weighted by Gasteiger charge is 2.19. The van der Waals surface area contributed by atoms with Crippen molar-refractivity contribution < 1.29 is 24.0 Å². The van der Waals surface area contributed by atoms with Crippen molar-refractivity contribution in [3.05, 3.63) is 112 Å². The van der Waals surface area contributed by atoms with E-state index in [4.69, 9.17) is 9.47 Å². The highest BCUT2D eigenvalue weighted by atomic mass is 16.6. The summed E-state index contributed by atoms with van der Waals surface area (Å²) in [5.41, 5.74) is 0.0754. The second-order valence-electron chi connectivity index (χ2n) is 7.72. The quantitative estimate of drug-likeness (QED) is 0.0895. The molecule has 0 aliphatic carbocycles. The fraction of sp³-hybridized carbons (Fsp3) is 0.0357. The van der Waals surface area contributed by atoms with Gasteiger partial charge >= 0.3 is 5.97 Å². The molecule has 0 radical (unpaired) electrons. The number of rotatable bonds is 7. The first-order chi connectivity index (χ1) is 17.9. The largest absolute Gasteiger partial charge is 0.493 e. The number of carbonyl (C=O) groups excluding carboxylic acids is 2. The van der Waals surface area contributed by atoms with Gasteiger partial charge < -0.3 is 14.8 Å². The van der Waals surface area contributed by atoms with Gasteiger partial charge in [0.1, 0.15) is 17.3 Å². The Hall–Kier alpha value is -5.49. The van der Waals surface area contributed by atoms with Crippen molar-refractivity contribution in [3.63, 3.8) is 0 Å². The highest BCUT2D eigenvalue weighted by molar-refractivity contribution is 6.10. The first-order valence-electron chi connectivity index (χ1n) is 11.0. The molecular formula is C28H19N3O6. The fourth-order valence-corrected chi connectivity index (χ4v) is 3.66. The molecule has 0 aliphatic heterocycles. The molecule has 0 aromatic heterocycles. The van der Waals surface area contributed by atoms with E-state index in [1.54, 1.807) is 24.3 Å². The molecule has 9 nitrogen and oxygen atoms in total. The summed E-state index contributed by atoms with van der Waals surface area (Å²) >= 11 is 0. The molecule has 0 aliphatic rings. The van der Waals surface area contributed by atoms with Crippen LogP contribution in [-0.4, -0.2) is 23.9 Å². The zero-order valence-corrected chi connectivity index (χ0v) is 19.5. The lowest BCUT2D eigenvalue weighted by atomic mass is 10.0. The van der Waals surface area contributed by atoms with E-state index in [-0.39, 0.29) is 28.4 Å². The molecule has 0 fully saturated rings. The Balaban J connectivity index is 1.62. The van der Waals surface area contributed by atoms with Crippen LogP contribution in [0.2, 0.25) is 0 Å². The minimum Gasteiger partial charge on any atom is -0.493 e. The van der Waals surface area contributed by atoms with Crippen LogP contribution in [0.1, 0.15) is 15.9 Å². The molecule has 0 heterocycles. The summed E-state index contributed by atoms with van der Waals surface area (Å²) in [6.45, 7) is 0. The van der Waals surface area contributed by atoms with Gasteiger partial charge in [0.05, 0.1) is 17.6 Å². The van der Waals surface area contributed by atoms with Crippen LogP contribution in [0.25, 0.3) is 16.8 Å². The molecule has 4 aromatic carbocycles. The average molecular weight is 493 g/mol. The number of carbonyl (C=O) groups is 2. The van der Waals surface area contributed by atoms with E-state index >= 15 is 0 Å². The molecule has 0 bridgehead atoms. The van der Waals surface area contributed by atoms with E-state index in [2.05, 4.69) is 5.32 Å². The number of hydrogen-bond donors (Lipinski definition) is 1. The average Bonchev–Trinajstić information content (AvgIpc) is 2.91. The van der Waals surface area contributed by atoms with E-state index in [9.17, 15) is 25.0 Å². The summed E-state index contributed by atoms with van der Waals surface area (Å²) in [6.07, 6.45) is 1.28. The Kier molecular flexibility index (Phi) is 7.21. The van der Waals surface area contributed by atoms with E-state index in [0.29, 0.717) is 11.1 Å². The van der Waals surface area contributed by atoms with Gasteiger partial charge in [0.25, 0.3) is 11.6 Å². The zero-order valence-electron chi connectivity index (χ0n) is 19.5. The van der Waals surface area contributed by atoms with Crippen LogP contribution in [0.4, 0.5) is 11.4 Å². The monoisotopic (exact) mass is 493 g/mol. The molecule has 0 saturated carbocycles. The minimum absolute atomic E-state index is 0.0434. The van der Waals surface area contributed by atoms with Crippen LogP contribution in [-0.2, 0) is 4.79 Å². The van der Waals surface area contributed by atoms with Gasteiger partial charge in [-0.1, -0.05) is 54.6 Å². The summed E-state index contributed by atoms with van der Waals surface area (Å²) in [7, 11) is 1.42. The third kappa shape index (κ3) is 5.44. The number of amides is 1. The number of hydrogen-bond acceptors (Lipinski definition) is 7. The maximum Gasteiger partial charge on any atom is 0.344 e. The number of nitrogens with one attached hydrogen (secondary N) is 1. The van der Waals surface area contributed by atoms with E-state index in [0.717, 1.165) is 10.8 Å². The predicted octanol–water partition coefficient (Wildman–Crippen LogP) is 5.52. The maximum absolute atomic E-state index is 13.0. The summed E-state index contributed by atoms with van der Waals surface area (Å²) in [5, 5.41) is 24.8. The molecule has 0 saturated heterocycles. The number of nitrogens with zero attached hydrogens (tertiary/aromatic N) is 2. The molecule has 1 amide bonds. The van der Waals surface area contributed by atoms with Gasteiger partial charge in [-0.05, 0) is 46.7 Å². The smallest absolute Gasteiger partial charge is 0.344 e. The number of fused-ring (bicyclic) bond motifs is 1. The van der Waals surface area contributed by atoms with Gasteiger partial charge in [-0.25, -0.2) is 4.79 Å². The lowest BCUT2D eigenvalue weighted by Gasteiger charge is -2.11. The third-order valence-corrected chi connectivity index (χ3v) is 5.42. The Morgan fingerprint density at radius 1 is 0.973 bits per heavy atom. The molecule has 0 unspecified atom stereocenters. The van der Waals surface area contributed by atoms with Crippen LogP contribution < -0.4 is 14.8 Å². The van der Waals surface area contributed by atoms with E-state index in [1.165, 1.54) is 49.6 Å². The third-order valence-electron chi connectivity index (χ3n) is 5.42. The van der Waals surface area contributed by atoms with Crippen LogP contribution >= 0.6 is 0 Å². The van der Waals surface area contributed by atoms with Crippen LogP contribution in [0.5, 0.6) is 11.5 Å². The summed E-state index contributed by atoms with van der Waals surface area (Å²) in [5.74, 6) is -1.08. The van der Waals surface area contributed by atoms with Gasteiger partial charge in [-0.15, -0.1) is 0 Å². The standard InChI is InChI=1S/C28H19N3O6/c1-36-25-14-13-18(15-20(17-29)27(32)30-23-11-4-5-12-24(23)31(34)35)16-26(25)37-28(33)22-10-6-8-19-7-2-3-9-21(19)22/h2-16H,1H3,(H,30,32). The number of ether oxygens (including phenoxy) is 2. The van der Waals surface area contributed by atoms with Gasteiger partial charge in [0.2, 0.25) is 0 Å². The van der Waals surface area contributed by atoms with Gasteiger partial charge in [0, 0.05) is 6.07 Å². The van der Waals surface area contributed by atoms with Crippen molar-refractivity contribution in [1.82, 2.24) is 0 Å². The Labute approximate surface area is 211 Å². The zero-order chi connectivity index (χ0) is 26.4. The maximum atomic E-state index is 13.0. The van der Waals surface area contributed by atoms with Crippen LogP contribution in [0.3, 0.4) is 0 Å². The first-order valence-corrected chi connectivity index (χ1v) is 11.0. The number of para-hydroxylation sites is 2. The molecule has 37 heavy (non-hydrogen) atoms. The van der Waals surface area contributed by atoms with Gasteiger partial charge in [-0.2, -0.15) is 5.26 Å². The first kappa shape index (κ1) is 24.6. The Morgan fingerprint density at radius 3 is 2.46 bits per heavy atom. The van der Waals surface area contributed by atoms with Crippen LogP contribution in [0.15, 0.2) is 90.5 Å². The Bertz CT molecular complexity index is 1600.